The van der Waals surface area contributed by atoms with Crippen molar-refractivity contribution in [3.63, 3.8) is 0 Å². The van der Waals surface area contributed by atoms with E-state index < -0.39 is 10.0 Å². The Bertz CT molecular complexity index is 737. The molecule has 1 aromatic carbocycles. The molecule has 0 fully saturated rings. The first kappa shape index (κ1) is 15.5. The number of anilines is 1. The number of hydrogen-bond acceptors (Lipinski definition) is 4. The van der Waals surface area contributed by atoms with E-state index >= 15 is 0 Å². The monoisotopic (exact) mass is 308 g/mol. The molecule has 0 amide bonds. The van der Waals surface area contributed by atoms with E-state index in [9.17, 15) is 8.42 Å². The van der Waals surface area contributed by atoms with Crippen LogP contribution in [-0.4, -0.2) is 18.0 Å². The standard InChI is InChI=1S/C14H20N4O2S/c1-4-18-9-14(16-11(18)3)21(19,20)17-10(2)12-6-5-7-13(15)8-12/h5-10,17H,4,15H2,1-3H3. The highest BCUT2D eigenvalue weighted by Crippen LogP contribution is 2.18. The van der Waals surface area contributed by atoms with E-state index in [4.69, 9.17) is 5.73 Å². The van der Waals surface area contributed by atoms with Crippen LogP contribution in [0.1, 0.15) is 31.3 Å². The number of imidazole rings is 1. The first-order valence-electron chi connectivity index (χ1n) is 6.75. The fraction of sp³-hybridized carbons (Fsp3) is 0.357. The minimum Gasteiger partial charge on any atom is -0.399 e. The van der Waals surface area contributed by atoms with Gasteiger partial charge in [0.1, 0.15) is 5.82 Å². The van der Waals surface area contributed by atoms with Crippen molar-refractivity contribution < 1.29 is 8.42 Å². The molecule has 1 heterocycles. The van der Waals surface area contributed by atoms with Gasteiger partial charge >= 0.3 is 0 Å². The van der Waals surface area contributed by atoms with Gasteiger partial charge in [-0.3, -0.25) is 0 Å². The highest BCUT2D eigenvalue weighted by Gasteiger charge is 2.22. The molecule has 6 nitrogen and oxygen atoms in total. The zero-order valence-corrected chi connectivity index (χ0v) is 13.2. The fourth-order valence-corrected chi connectivity index (χ4v) is 3.36. The minimum absolute atomic E-state index is 0.0394. The van der Waals surface area contributed by atoms with Crippen molar-refractivity contribution in [3.8, 4) is 0 Å². The van der Waals surface area contributed by atoms with E-state index in [1.165, 1.54) is 0 Å². The van der Waals surface area contributed by atoms with Crippen molar-refractivity contribution in [2.24, 2.45) is 0 Å². The molecule has 3 N–H and O–H groups in total. The van der Waals surface area contributed by atoms with Crippen LogP contribution in [0.5, 0.6) is 0 Å². The summed E-state index contributed by atoms with van der Waals surface area (Å²) in [7, 11) is -3.66. The molecular formula is C14H20N4O2S. The van der Waals surface area contributed by atoms with Crippen LogP contribution in [-0.2, 0) is 16.6 Å². The van der Waals surface area contributed by atoms with Gasteiger partial charge < -0.3 is 10.3 Å². The second kappa shape index (κ2) is 5.87. The van der Waals surface area contributed by atoms with Crippen LogP contribution in [0.2, 0.25) is 0 Å². The molecule has 2 aromatic rings. The molecule has 0 aliphatic rings. The molecule has 7 heteroatoms. The lowest BCUT2D eigenvalue weighted by molar-refractivity contribution is 0.563. The molecular weight excluding hydrogens is 288 g/mol. The highest BCUT2D eigenvalue weighted by molar-refractivity contribution is 7.89. The van der Waals surface area contributed by atoms with E-state index in [1.807, 2.05) is 13.0 Å². The van der Waals surface area contributed by atoms with Crippen molar-refractivity contribution in [2.75, 3.05) is 5.73 Å². The number of aryl methyl sites for hydroxylation is 2. The third kappa shape index (κ3) is 3.43. The summed E-state index contributed by atoms with van der Waals surface area (Å²) in [5, 5.41) is 0.0394. The molecule has 0 saturated carbocycles. The lowest BCUT2D eigenvalue weighted by Crippen LogP contribution is -2.27. The molecule has 21 heavy (non-hydrogen) atoms. The predicted molar refractivity (Wildman–Crippen MR) is 82.2 cm³/mol. The Hall–Kier alpha value is -1.86. The van der Waals surface area contributed by atoms with Crippen LogP contribution in [0.15, 0.2) is 35.5 Å². The van der Waals surface area contributed by atoms with Crippen molar-refractivity contribution in [1.29, 1.82) is 0 Å². The summed E-state index contributed by atoms with van der Waals surface area (Å²) in [5.74, 6) is 0.675. The molecule has 0 aliphatic carbocycles. The molecule has 0 saturated heterocycles. The van der Waals surface area contributed by atoms with Gasteiger partial charge in [-0.25, -0.2) is 18.1 Å². The molecule has 0 radical (unpaired) electrons. The average Bonchev–Trinajstić information content (AvgIpc) is 2.80. The third-order valence-corrected chi connectivity index (χ3v) is 4.72. The average molecular weight is 308 g/mol. The van der Waals surface area contributed by atoms with Gasteiger partial charge in [-0.2, -0.15) is 0 Å². The van der Waals surface area contributed by atoms with Gasteiger partial charge in [-0.15, -0.1) is 0 Å². The fourth-order valence-electron chi connectivity index (χ4n) is 2.12. The number of nitrogen functional groups attached to an aromatic ring is 1. The summed E-state index contributed by atoms with van der Waals surface area (Å²) in [6.45, 7) is 6.17. The molecule has 2 rings (SSSR count). The highest BCUT2D eigenvalue weighted by atomic mass is 32.2. The summed E-state index contributed by atoms with van der Waals surface area (Å²) < 4.78 is 29.1. The Morgan fingerprint density at radius 2 is 2.14 bits per heavy atom. The number of rotatable bonds is 5. The summed E-state index contributed by atoms with van der Waals surface area (Å²) in [6.07, 6.45) is 1.55. The van der Waals surface area contributed by atoms with Crippen molar-refractivity contribution >= 4 is 15.7 Å². The molecule has 1 unspecified atom stereocenters. The summed E-state index contributed by atoms with van der Waals surface area (Å²) in [4.78, 5) is 4.11. The number of nitrogens with one attached hydrogen (secondary N) is 1. The largest absolute Gasteiger partial charge is 0.399 e. The maximum Gasteiger partial charge on any atom is 0.260 e. The Labute approximate surface area is 125 Å². The van der Waals surface area contributed by atoms with Crippen LogP contribution >= 0.6 is 0 Å². The van der Waals surface area contributed by atoms with Crippen LogP contribution in [0.25, 0.3) is 0 Å². The van der Waals surface area contributed by atoms with E-state index in [1.54, 1.807) is 42.8 Å². The lowest BCUT2D eigenvalue weighted by Gasteiger charge is -2.13. The topological polar surface area (TPSA) is 90.0 Å². The predicted octanol–water partition coefficient (Wildman–Crippen LogP) is 1.83. The molecule has 1 atom stereocenters. The first-order valence-corrected chi connectivity index (χ1v) is 8.23. The number of nitrogens with two attached hydrogens (primary N) is 1. The van der Waals surface area contributed by atoms with Gasteiger partial charge in [-0.1, -0.05) is 12.1 Å². The number of sulfonamides is 1. The number of aromatic nitrogens is 2. The second-order valence-corrected chi connectivity index (χ2v) is 6.59. The Balaban J connectivity index is 2.24. The zero-order chi connectivity index (χ0) is 15.6. The van der Waals surface area contributed by atoms with Crippen LogP contribution < -0.4 is 10.5 Å². The zero-order valence-electron chi connectivity index (χ0n) is 12.4. The van der Waals surface area contributed by atoms with Gasteiger partial charge in [0, 0.05) is 24.5 Å². The van der Waals surface area contributed by atoms with E-state index in [0.29, 0.717) is 18.1 Å². The van der Waals surface area contributed by atoms with Crippen molar-refractivity contribution in [3.05, 3.63) is 41.9 Å². The number of nitrogens with zero attached hydrogens (tertiary/aromatic N) is 2. The van der Waals surface area contributed by atoms with Crippen LogP contribution in [0.4, 0.5) is 5.69 Å². The van der Waals surface area contributed by atoms with Gasteiger partial charge in [-0.05, 0) is 38.5 Å². The van der Waals surface area contributed by atoms with E-state index in [2.05, 4.69) is 9.71 Å². The molecule has 1 aromatic heterocycles. The SMILES string of the molecule is CCn1cc(S(=O)(=O)NC(C)c2cccc(N)c2)nc1C. The van der Waals surface area contributed by atoms with Gasteiger partial charge in [0.15, 0.2) is 5.03 Å². The smallest absolute Gasteiger partial charge is 0.260 e. The maximum absolute atomic E-state index is 12.4. The summed E-state index contributed by atoms with van der Waals surface area (Å²) in [5.41, 5.74) is 7.13. The molecule has 0 aliphatic heterocycles. The van der Waals surface area contributed by atoms with Crippen molar-refractivity contribution in [2.45, 2.75) is 38.4 Å². The second-order valence-electron chi connectivity index (χ2n) is 4.93. The Kier molecular flexibility index (Phi) is 4.34. The Morgan fingerprint density at radius 3 is 2.71 bits per heavy atom. The third-order valence-electron chi connectivity index (χ3n) is 3.31. The molecule has 0 bridgehead atoms. The first-order chi connectivity index (χ1) is 9.83. The van der Waals surface area contributed by atoms with Crippen molar-refractivity contribution in [1.82, 2.24) is 14.3 Å². The quantitative estimate of drug-likeness (QED) is 0.825. The van der Waals surface area contributed by atoms with Gasteiger partial charge in [0.05, 0.1) is 0 Å². The summed E-state index contributed by atoms with van der Waals surface area (Å²) in [6, 6.07) is 6.76. The van der Waals surface area contributed by atoms with Crippen LogP contribution in [0.3, 0.4) is 0 Å². The van der Waals surface area contributed by atoms with E-state index in [0.717, 1.165) is 5.56 Å². The Morgan fingerprint density at radius 1 is 1.43 bits per heavy atom. The van der Waals surface area contributed by atoms with Crippen LogP contribution in [0, 0.1) is 6.92 Å². The summed E-state index contributed by atoms with van der Waals surface area (Å²) >= 11 is 0. The lowest BCUT2D eigenvalue weighted by atomic mass is 10.1. The maximum atomic E-state index is 12.4. The van der Waals surface area contributed by atoms with E-state index in [-0.39, 0.29) is 11.1 Å². The molecule has 114 valence electrons. The number of benzene rings is 1. The molecule has 0 spiro atoms. The normalized spacial score (nSPS) is 13.3. The van der Waals surface area contributed by atoms with Gasteiger partial charge in [0.2, 0.25) is 0 Å². The number of hydrogen-bond donors (Lipinski definition) is 2. The van der Waals surface area contributed by atoms with Gasteiger partial charge in [0.25, 0.3) is 10.0 Å². The minimum atomic E-state index is -3.66.